The quantitative estimate of drug-likeness (QED) is 0.857. The Labute approximate surface area is 128 Å². The standard InChI is InChI=1S/C18H27NO2/c1-2-7-15-8-6-12-19(13-11-15)17(14-18(20)21)16-9-4-3-5-10-16/h3-5,9-10,15,17H,2,6-8,11-14H2,1H3,(H,20,21). The molecule has 116 valence electrons. The Morgan fingerprint density at radius 1 is 1.29 bits per heavy atom. The van der Waals surface area contributed by atoms with Crippen LogP contribution in [0.2, 0.25) is 0 Å². The van der Waals surface area contributed by atoms with Crippen molar-refractivity contribution in [3.63, 3.8) is 0 Å². The molecule has 0 radical (unpaired) electrons. The van der Waals surface area contributed by atoms with Crippen LogP contribution in [0.1, 0.15) is 57.1 Å². The smallest absolute Gasteiger partial charge is 0.305 e. The van der Waals surface area contributed by atoms with Gasteiger partial charge in [0.1, 0.15) is 0 Å². The van der Waals surface area contributed by atoms with E-state index in [1.165, 1.54) is 32.1 Å². The summed E-state index contributed by atoms with van der Waals surface area (Å²) in [6.07, 6.45) is 6.44. The molecule has 2 rings (SSSR count). The van der Waals surface area contributed by atoms with E-state index in [1.807, 2.05) is 18.2 Å². The third kappa shape index (κ3) is 4.85. The number of nitrogens with zero attached hydrogens (tertiary/aromatic N) is 1. The molecule has 0 bridgehead atoms. The molecular formula is C18H27NO2. The summed E-state index contributed by atoms with van der Waals surface area (Å²) < 4.78 is 0. The molecule has 3 heteroatoms. The van der Waals surface area contributed by atoms with E-state index in [9.17, 15) is 9.90 Å². The van der Waals surface area contributed by atoms with E-state index in [2.05, 4.69) is 24.0 Å². The van der Waals surface area contributed by atoms with Crippen LogP contribution in [0.4, 0.5) is 0 Å². The molecule has 21 heavy (non-hydrogen) atoms. The Balaban J connectivity index is 2.08. The van der Waals surface area contributed by atoms with E-state index >= 15 is 0 Å². The first-order valence-electron chi connectivity index (χ1n) is 8.21. The van der Waals surface area contributed by atoms with Gasteiger partial charge in [-0.1, -0.05) is 50.1 Å². The van der Waals surface area contributed by atoms with Crippen LogP contribution in [0, 0.1) is 5.92 Å². The van der Waals surface area contributed by atoms with E-state index in [4.69, 9.17) is 0 Å². The Morgan fingerprint density at radius 3 is 2.71 bits per heavy atom. The van der Waals surface area contributed by atoms with Crippen molar-refractivity contribution in [2.75, 3.05) is 13.1 Å². The van der Waals surface area contributed by atoms with Crippen LogP contribution >= 0.6 is 0 Å². The van der Waals surface area contributed by atoms with Crippen LogP contribution in [0.3, 0.4) is 0 Å². The predicted octanol–water partition coefficient (Wildman–Crippen LogP) is 4.10. The largest absolute Gasteiger partial charge is 0.481 e. The summed E-state index contributed by atoms with van der Waals surface area (Å²) >= 11 is 0. The highest BCUT2D eigenvalue weighted by atomic mass is 16.4. The highest BCUT2D eigenvalue weighted by Crippen LogP contribution is 2.30. The Morgan fingerprint density at radius 2 is 2.05 bits per heavy atom. The Bertz CT molecular complexity index is 432. The zero-order chi connectivity index (χ0) is 15.1. The maximum atomic E-state index is 11.3. The lowest BCUT2D eigenvalue weighted by molar-refractivity contribution is -0.138. The zero-order valence-corrected chi connectivity index (χ0v) is 13.0. The molecule has 0 spiro atoms. The maximum absolute atomic E-state index is 11.3. The molecule has 1 aliphatic heterocycles. The third-order valence-corrected chi connectivity index (χ3v) is 4.57. The molecule has 1 aliphatic rings. The molecule has 3 nitrogen and oxygen atoms in total. The van der Waals surface area contributed by atoms with Crippen LogP contribution in [0.5, 0.6) is 0 Å². The molecule has 1 fully saturated rings. The van der Waals surface area contributed by atoms with Gasteiger partial charge in [0.05, 0.1) is 6.42 Å². The Hall–Kier alpha value is -1.35. The van der Waals surface area contributed by atoms with Gasteiger partial charge in [-0.15, -0.1) is 0 Å². The van der Waals surface area contributed by atoms with Gasteiger partial charge in [-0.05, 0) is 43.8 Å². The van der Waals surface area contributed by atoms with Gasteiger partial charge >= 0.3 is 5.97 Å². The number of carboxylic acids is 1. The van der Waals surface area contributed by atoms with E-state index in [0.717, 1.165) is 24.6 Å². The first-order valence-corrected chi connectivity index (χ1v) is 8.21. The average molecular weight is 289 g/mol. The first-order chi connectivity index (χ1) is 10.2. The van der Waals surface area contributed by atoms with E-state index in [1.54, 1.807) is 0 Å². The number of rotatable bonds is 6. The van der Waals surface area contributed by atoms with Crippen molar-refractivity contribution in [2.24, 2.45) is 5.92 Å². The molecule has 1 saturated heterocycles. The first kappa shape index (κ1) is 16.0. The van der Waals surface area contributed by atoms with Gasteiger partial charge in [0, 0.05) is 6.04 Å². The van der Waals surface area contributed by atoms with Crippen LogP contribution < -0.4 is 0 Å². The average Bonchev–Trinajstić information content (AvgIpc) is 2.72. The third-order valence-electron chi connectivity index (χ3n) is 4.57. The normalized spacial score (nSPS) is 21.7. The summed E-state index contributed by atoms with van der Waals surface area (Å²) in [6, 6.07) is 10.1. The molecule has 0 aromatic heterocycles. The molecule has 0 aliphatic carbocycles. The summed E-state index contributed by atoms with van der Waals surface area (Å²) in [7, 11) is 0. The fourth-order valence-electron chi connectivity index (χ4n) is 3.49. The van der Waals surface area contributed by atoms with E-state index in [-0.39, 0.29) is 12.5 Å². The second-order valence-corrected chi connectivity index (χ2v) is 6.15. The molecule has 2 unspecified atom stereocenters. The maximum Gasteiger partial charge on any atom is 0.305 e. The summed E-state index contributed by atoms with van der Waals surface area (Å²) in [6.45, 7) is 4.30. The minimum Gasteiger partial charge on any atom is -0.481 e. The lowest BCUT2D eigenvalue weighted by atomic mass is 9.96. The van der Waals surface area contributed by atoms with Gasteiger partial charge < -0.3 is 5.11 Å². The number of carboxylic acid groups (broad SMARTS) is 1. The zero-order valence-electron chi connectivity index (χ0n) is 13.0. The minimum atomic E-state index is -0.710. The van der Waals surface area contributed by atoms with Crippen molar-refractivity contribution < 1.29 is 9.90 Å². The summed E-state index contributed by atoms with van der Waals surface area (Å²) in [5.41, 5.74) is 1.13. The highest BCUT2D eigenvalue weighted by molar-refractivity contribution is 5.68. The SMILES string of the molecule is CCCC1CCCN(C(CC(=O)O)c2ccccc2)CC1. The molecule has 2 atom stereocenters. The molecule has 1 N–H and O–H groups in total. The van der Waals surface area contributed by atoms with Gasteiger partial charge in [-0.25, -0.2) is 0 Å². The van der Waals surface area contributed by atoms with Crippen LogP contribution in [0.15, 0.2) is 30.3 Å². The fraction of sp³-hybridized carbons (Fsp3) is 0.611. The van der Waals surface area contributed by atoms with Crippen molar-refractivity contribution >= 4 is 5.97 Å². The summed E-state index contributed by atoms with van der Waals surface area (Å²) in [5, 5.41) is 9.26. The predicted molar refractivity (Wildman–Crippen MR) is 85.3 cm³/mol. The topological polar surface area (TPSA) is 40.5 Å². The number of hydrogen-bond donors (Lipinski definition) is 1. The number of hydrogen-bond acceptors (Lipinski definition) is 2. The second kappa shape index (κ2) is 8.18. The molecule has 1 heterocycles. The van der Waals surface area contributed by atoms with Crippen LogP contribution in [0.25, 0.3) is 0 Å². The molecule has 0 saturated carbocycles. The molecule has 1 aromatic rings. The lowest BCUT2D eigenvalue weighted by Gasteiger charge is -2.30. The van der Waals surface area contributed by atoms with Crippen molar-refractivity contribution in [1.29, 1.82) is 0 Å². The van der Waals surface area contributed by atoms with Crippen molar-refractivity contribution in [3.05, 3.63) is 35.9 Å². The molecule has 0 amide bonds. The number of benzene rings is 1. The lowest BCUT2D eigenvalue weighted by Crippen LogP contribution is -2.31. The van der Waals surface area contributed by atoms with E-state index in [0.29, 0.717) is 0 Å². The van der Waals surface area contributed by atoms with Crippen molar-refractivity contribution in [3.8, 4) is 0 Å². The van der Waals surface area contributed by atoms with Gasteiger partial charge in [-0.2, -0.15) is 0 Å². The van der Waals surface area contributed by atoms with Gasteiger partial charge in [0.15, 0.2) is 0 Å². The monoisotopic (exact) mass is 289 g/mol. The number of aliphatic carboxylic acids is 1. The second-order valence-electron chi connectivity index (χ2n) is 6.15. The van der Waals surface area contributed by atoms with Crippen molar-refractivity contribution in [2.45, 2.75) is 51.5 Å². The minimum absolute atomic E-state index is 0.0177. The van der Waals surface area contributed by atoms with Gasteiger partial charge in [-0.3, -0.25) is 9.69 Å². The summed E-state index contributed by atoms with van der Waals surface area (Å²) in [5.74, 6) is 0.111. The Kier molecular flexibility index (Phi) is 6.24. The highest BCUT2D eigenvalue weighted by Gasteiger charge is 2.25. The van der Waals surface area contributed by atoms with Gasteiger partial charge in [0.2, 0.25) is 0 Å². The molecule has 1 aromatic carbocycles. The van der Waals surface area contributed by atoms with Crippen LogP contribution in [-0.4, -0.2) is 29.1 Å². The number of carbonyl (C=O) groups is 1. The van der Waals surface area contributed by atoms with Crippen molar-refractivity contribution in [1.82, 2.24) is 4.90 Å². The summed E-state index contributed by atoms with van der Waals surface area (Å²) in [4.78, 5) is 13.6. The number of likely N-dealkylation sites (tertiary alicyclic amines) is 1. The van der Waals surface area contributed by atoms with Gasteiger partial charge in [0.25, 0.3) is 0 Å². The molecular weight excluding hydrogens is 262 g/mol. The van der Waals surface area contributed by atoms with E-state index < -0.39 is 5.97 Å². The fourth-order valence-corrected chi connectivity index (χ4v) is 3.49. The van der Waals surface area contributed by atoms with Crippen LogP contribution in [-0.2, 0) is 4.79 Å².